The zero-order valence-corrected chi connectivity index (χ0v) is 24.4. The molecule has 0 aromatic carbocycles. The van der Waals surface area contributed by atoms with Gasteiger partial charge in [0, 0.05) is 6.54 Å². The molecule has 3 aliphatic rings. The Morgan fingerprint density at radius 1 is 1.11 bits per heavy atom. The summed E-state index contributed by atoms with van der Waals surface area (Å²) in [7, 11) is 1.98. The van der Waals surface area contributed by atoms with Gasteiger partial charge in [-0.25, -0.2) is 0 Å². The van der Waals surface area contributed by atoms with Crippen LogP contribution < -0.4 is 10.6 Å². The Bertz CT molecular complexity index is 697. The van der Waals surface area contributed by atoms with Crippen LogP contribution in [0.1, 0.15) is 112 Å². The van der Waals surface area contributed by atoms with Gasteiger partial charge >= 0.3 is 5.97 Å². The first-order chi connectivity index (χ1) is 17.5. The third kappa shape index (κ3) is 14.5. The second-order valence-electron chi connectivity index (χ2n) is 9.58. The molecule has 0 amide bonds. The minimum atomic E-state index is -0.771. The lowest BCUT2D eigenvalue weighted by molar-refractivity contribution is -0.140. The number of carbonyl (C=O) groups is 1. The molecule has 1 fully saturated rings. The summed E-state index contributed by atoms with van der Waals surface area (Å²) in [4.78, 5) is 11.5. The van der Waals surface area contributed by atoms with Gasteiger partial charge in [0.05, 0.1) is 11.6 Å². The van der Waals surface area contributed by atoms with E-state index in [-0.39, 0.29) is 0 Å². The average Bonchev–Trinajstić information content (AvgIpc) is 2.90. The summed E-state index contributed by atoms with van der Waals surface area (Å²) in [5, 5.41) is 16.0. The van der Waals surface area contributed by atoms with Crippen molar-refractivity contribution in [2.45, 2.75) is 112 Å². The summed E-state index contributed by atoms with van der Waals surface area (Å²) in [5.74, 6) is 1.10. The Labute approximate surface area is 222 Å². The monoisotopic (exact) mass is 504 g/mol. The maximum Gasteiger partial charge on any atom is 0.310 e. The average molecular weight is 505 g/mol. The van der Waals surface area contributed by atoms with Crippen molar-refractivity contribution in [3.8, 4) is 0 Å². The SMILES string of the molecule is CC.CC1=C(OC2=CCCC=C2)C(NCC2CCCCC2)=CC(C(=O)O)C1.CCC.CCCCNC. The summed E-state index contributed by atoms with van der Waals surface area (Å²) in [6.07, 6.45) is 20.9. The third-order valence-corrected chi connectivity index (χ3v) is 6.11. The van der Waals surface area contributed by atoms with Gasteiger partial charge in [-0.15, -0.1) is 0 Å². The summed E-state index contributed by atoms with van der Waals surface area (Å²) in [6.45, 7) is 14.5. The normalized spacial score (nSPS) is 19.2. The molecule has 0 aromatic rings. The summed E-state index contributed by atoms with van der Waals surface area (Å²) >= 11 is 0. The van der Waals surface area contributed by atoms with E-state index in [1.165, 1.54) is 51.4 Å². The van der Waals surface area contributed by atoms with Gasteiger partial charge < -0.3 is 20.5 Å². The van der Waals surface area contributed by atoms with E-state index in [9.17, 15) is 9.90 Å². The van der Waals surface area contributed by atoms with Gasteiger partial charge in [-0.2, -0.15) is 0 Å². The van der Waals surface area contributed by atoms with Crippen molar-refractivity contribution < 1.29 is 14.6 Å². The van der Waals surface area contributed by atoms with Gasteiger partial charge in [-0.1, -0.05) is 72.8 Å². The van der Waals surface area contributed by atoms with E-state index < -0.39 is 11.9 Å². The largest absolute Gasteiger partial charge is 0.481 e. The molecule has 1 unspecified atom stereocenters. The zero-order chi connectivity index (χ0) is 27.2. The van der Waals surface area contributed by atoms with E-state index in [0.717, 1.165) is 48.7 Å². The molecule has 36 heavy (non-hydrogen) atoms. The maximum atomic E-state index is 11.5. The van der Waals surface area contributed by atoms with E-state index in [2.05, 4.69) is 43.6 Å². The predicted octanol–water partition coefficient (Wildman–Crippen LogP) is 8.12. The highest BCUT2D eigenvalue weighted by Gasteiger charge is 2.27. The van der Waals surface area contributed by atoms with Crippen molar-refractivity contribution in [1.82, 2.24) is 10.6 Å². The number of aliphatic carboxylic acids is 1. The van der Waals surface area contributed by atoms with Crippen molar-refractivity contribution in [3.63, 3.8) is 0 Å². The molecule has 3 N–H and O–H groups in total. The number of nitrogens with one attached hydrogen (secondary N) is 2. The summed E-state index contributed by atoms with van der Waals surface area (Å²) in [5.41, 5.74) is 1.85. The van der Waals surface area contributed by atoms with E-state index in [1.807, 2.05) is 40.0 Å². The molecule has 1 saturated carbocycles. The Hall–Kier alpha value is -2.01. The third-order valence-electron chi connectivity index (χ3n) is 6.11. The number of hydrogen-bond acceptors (Lipinski definition) is 4. The molecule has 1 atom stereocenters. The van der Waals surface area contributed by atoms with E-state index in [1.54, 1.807) is 0 Å². The summed E-state index contributed by atoms with van der Waals surface area (Å²) in [6, 6.07) is 0. The lowest BCUT2D eigenvalue weighted by Crippen LogP contribution is -2.29. The topological polar surface area (TPSA) is 70.6 Å². The first-order valence-electron chi connectivity index (χ1n) is 14.5. The van der Waals surface area contributed by atoms with Gasteiger partial charge in [0.15, 0.2) is 0 Å². The number of unbranched alkanes of at least 4 members (excludes halogenated alkanes) is 1. The maximum absolute atomic E-state index is 11.5. The van der Waals surface area contributed by atoms with Crippen molar-refractivity contribution in [2.75, 3.05) is 20.1 Å². The number of ether oxygens (including phenoxy) is 1. The molecule has 5 nitrogen and oxygen atoms in total. The molecule has 0 heterocycles. The molecular formula is C31H56N2O3. The van der Waals surface area contributed by atoms with Crippen molar-refractivity contribution in [3.05, 3.63) is 47.1 Å². The first-order valence-corrected chi connectivity index (χ1v) is 14.5. The van der Waals surface area contributed by atoms with Crippen LogP contribution in [0.15, 0.2) is 47.1 Å². The van der Waals surface area contributed by atoms with Crippen LogP contribution in [-0.4, -0.2) is 31.2 Å². The highest BCUT2D eigenvalue weighted by atomic mass is 16.5. The molecule has 3 rings (SSSR count). The van der Waals surface area contributed by atoms with Crippen LogP contribution in [0.4, 0.5) is 0 Å². The first kappa shape index (κ1) is 34.0. The molecule has 3 aliphatic carbocycles. The van der Waals surface area contributed by atoms with Crippen molar-refractivity contribution >= 4 is 5.97 Å². The molecule has 0 spiro atoms. The van der Waals surface area contributed by atoms with Gasteiger partial charge in [0.1, 0.15) is 11.5 Å². The molecule has 0 saturated heterocycles. The molecule has 208 valence electrons. The zero-order valence-electron chi connectivity index (χ0n) is 24.4. The number of allylic oxidation sites excluding steroid dienone is 4. The predicted molar refractivity (Wildman–Crippen MR) is 155 cm³/mol. The minimum absolute atomic E-state index is 0.475. The molecule has 0 bridgehead atoms. The highest BCUT2D eigenvalue weighted by Crippen LogP contribution is 2.32. The number of carboxylic acids is 1. The minimum Gasteiger partial charge on any atom is -0.481 e. The van der Waals surface area contributed by atoms with Crippen LogP contribution in [0.3, 0.4) is 0 Å². The molecule has 0 radical (unpaired) electrons. The lowest BCUT2D eigenvalue weighted by Gasteiger charge is -2.28. The Morgan fingerprint density at radius 2 is 1.78 bits per heavy atom. The van der Waals surface area contributed by atoms with E-state index in [4.69, 9.17) is 4.74 Å². The van der Waals surface area contributed by atoms with Gasteiger partial charge in [0.2, 0.25) is 0 Å². The number of hydrogen-bond donors (Lipinski definition) is 3. The van der Waals surface area contributed by atoms with Crippen molar-refractivity contribution in [1.29, 1.82) is 0 Å². The quantitative estimate of drug-likeness (QED) is 0.277. The second kappa shape index (κ2) is 22.2. The lowest BCUT2D eigenvalue weighted by atomic mass is 9.88. The van der Waals surface area contributed by atoms with Crippen LogP contribution in [0, 0.1) is 11.8 Å². The van der Waals surface area contributed by atoms with Gasteiger partial charge in [0.25, 0.3) is 0 Å². The Balaban J connectivity index is 0.000000949. The van der Waals surface area contributed by atoms with Gasteiger partial charge in [-0.05, 0) is 88.8 Å². The Morgan fingerprint density at radius 3 is 2.28 bits per heavy atom. The molecular weight excluding hydrogens is 448 g/mol. The van der Waals surface area contributed by atoms with Crippen LogP contribution in [0.25, 0.3) is 0 Å². The molecule has 0 aromatic heterocycles. The Kier molecular flexibility index (Phi) is 21.0. The van der Waals surface area contributed by atoms with Gasteiger partial charge in [-0.3, -0.25) is 4.79 Å². The fourth-order valence-corrected chi connectivity index (χ4v) is 4.21. The van der Waals surface area contributed by atoms with Crippen LogP contribution in [0.2, 0.25) is 0 Å². The fourth-order valence-electron chi connectivity index (χ4n) is 4.21. The second-order valence-corrected chi connectivity index (χ2v) is 9.58. The number of rotatable bonds is 9. The van der Waals surface area contributed by atoms with E-state index >= 15 is 0 Å². The van der Waals surface area contributed by atoms with Crippen molar-refractivity contribution in [2.24, 2.45) is 11.8 Å². The van der Waals surface area contributed by atoms with Crippen LogP contribution in [-0.2, 0) is 9.53 Å². The molecule has 5 heteroatoms. The highest BCUT2D eigenvalue weighted by molar-refractivity contribution is 5.73. The summed E-state index contributed by atoms with van der Waals surface area (Å²) < 4.78 is 6.16. The van der Waals surface area contributed by atoms with E-state index in [0.29, 0.717) is 12.3 Å². The standard InChI is InChI=1S/C21H29NO3.C5H13N.C3H8.C2H6/c1-15-12-17(21(23)24)13-19(22-14-16-8-4-2-5-9-16)20(15)25-18-10-6-3-7-11-18;1-3-4-5-6-2;1-3-2;1-2/h6,10-11,13,16-17,22H,2-5,7-9,12,14H2,1H3,(H,23,24);6H,3-5H2,1-2H3;3H2,1-2H3;1-2H3. The fraction of sp³-hybridized carbons (Fsp3) is 0.710. The van der Waals surface area contributed by atoms with Crippen LogP contribution >= 0.6 is 0 Å². The smallest absolute Gasteiger partial charge is 0.310 e. The number of carboxylic acid groups (broad SMARTS) is 1. The molecule has 0 aliphatic heterocycles. The van der Waals surface area contributed by atoms with Crippen LogP contribution in [0.5, 0.6) is 0 Å².